The summed E-state index contributed by atoms with van der Waals surface area (Å²) in [6.07, 6.45) is 7.84. The molecule has 134 valence electrons. The van der Waals surface area contributed by atoms with Crippen LogP contribution in [0.25, 0.3) is 6.08 Å². The maximum atomic E-state index is 12.1. The van der Waals surface area contributed by atoms with Gasteiger partial charge >= 0.3 is 5.97 Å². The van der Waals surface area contributed by atoms with Gasteiger partial charge in [0.25, 0.3) is 0 Å². The van der Waals surface area contributed by atoms with E-state index >= 15 is 0 Å². The fourth-order valence-electron chi connectivity index (χ4n) is 3.46. The Balaban J connectivity index is 1.42. The van der Waals surface area contributed by atoms with Crippen molar-refractivity contribution in [3.8, 4) is 5.75 Å². The molecule has 26 heavy (non-hydrogen) atoms. The molecule has 2 fully saturated rings. The second kappa shape index (κ2) is 7.65. The Hall–Kier alpha value is -2.75. The molecule has 1 saturated carbocycles. The van der Waals surface area contributed by atoms with Crippen LogP contribution >= 0.6 is 0 Å². The molecule has 1 aliphatic heterocycles. The third-order valence-corrected chi connectivity index (χ3v) is 4.88. The molecule has 0 amide bonds. The smallest absolute Gasteiger partial charge is 0.356 e. The van der Waals surface area contributed by atoms with Gasteiger partial charge in [-0.3, -0.25) is 0 Å². The monoisotopic (exact) mass is 349 g/mol. The van der Waals surface area contributed by atoms with Crippen molar-refractivity contribution < 1.29 is 14.3 Å². The highest BCUT2D eigenvalue weighted by Crippen LogP contribution is 2.26. The van der Waals surface area contributed by atoms with E-state index in [1.165, 1.54) is 19.3 Å². The number of carbonyl (C=O) groups excluding carboxylic acids is 1. The predicted molar refractivity (Wildman–Crippen MR) is 100 cm³/mol. The maximum Gasteiger partial charge on any atom is 0.356 e. The Morgan fingerprint density at radius 1 is 0.962 bits per heavy atom. The molecule has 0 radical (unpaired) electrons. The first-order valence-corrected chi connectivity index (χ1v) is 9.29. The molecule has 0 bridgehead atoms. The zero-order chi connectivity index (χ0) is 17.8. The average molecular weight is 349 g/mol. The zero-order valence-corrected chi connectivity index (χ0v) is 14.7. The fourth-order valence-corrected chi connectivity index (χ4v) is 3.46. The Morgan fingerprint density at radius 3 is 2.42 bits per heavy atom. The van der Waals surface area contributed by atoms with E-state index in [0.29, 0.717) is 11.8 Å². The first-order valence-electron chi connectivity index (χ1n) is 9.29. The van der Waals surface area contributed by atoms with Crippen LogP contribution in [0.5, 0.6) is 5.75 Å². The largest absolute Gasteiger partial charge is 0.490 e. The number of cyclic esters (lactones) is 1. The summed E-state index contributed by atoms with van der Waals surface area (Å²) in [4.78, 5) is 12.1. The van der Waals surface area contributed by atoms with Crippen molar-refractivity contribution in [3.05, 3.63) is 71.4 Å². The number of rotatable bonds is 4. The van der Waals surface area contributed by atoms with E-state index in [1.807, 2.05) is 60.7 Å². The van der Waals surface area contributed by atoms with Gasteiger partial charge in [0.2, 0.25) is 0 Å². The van der Waals surface area contributed by atoms with Crippen molar-refractivity contribution in [1.82, 2.24) is 5.32 Å². The first-order chi connectivity index (χ1) is 12.8. The van der Waals surface area contributed by atoms with Crippen LogP contribution in [-0.4, -0.2) is 12.1 Å². The van der Waals surface area contributed by atoms with Gasteiger partial charge in [0.1, 0.15) is 11.4 Å². The summed E-state index contributed by atoms with van der Waals surface area (Å²) in [7, 11) is 0. The van der Waals surface area contributed by atoms with Crippen LogP contribution in [0.3, 0.4) is 0 Å². The second-order valence-corrected chi connectivity index (χ2v) is 6.85. The topological polar surface area (TPSA) is 47.6 Å². The van der Waals surface area contributed by atoms with Crippen LogP contribution in [0.15, 0.2) is 60.3 Å². The van der Waals surface area contributed by atoms with Gasteiger partial charge in [0.15, 0.2) is 6.23 Å². The lowest BCUT2D eigenvalue weighted by molar-refractivity contribution is -0.139. The quantitative estimate of drug-likeness (QED) is 0.648. The number of esters is 1. The van der Waals surface area contributed by atoms with E-state index in [2.05, 4.69) is 5.32 Å². The summed E-state index contributed by atoms with van der Waals surface area (Å²) in [6, 6.07) is 17.5. The highest BCUT2D eigenvalue weighted by molar-refractivity contribution is 5.94. The van der Waals surface area contributed by atoms with Gasteiger partial charge < -0.3 is 14.8 Å². The number of hydrogen-bond donors (Lipinski definition) is 1. The Morgan fingerprint density at radius 2 is 1.69 bits per heavy atom. The van der Waals surface area contributed by atoms with Gasteiger partial charge in [-0.2, -0.15) is 0 Å². The standard InChI is InChI=1S/C22H23NO3/c24-22-20(23-21(26-22)17-7-3-1-4-8-17)15-16-11-13-19(14-12-16)25-18-9-5-2-6-10-18/h1,3-4,7-8,11-15,18,21,23H,2,5-6,9-10H2/b20-15-. The highest BCUT2D eigenvalue weighted by Gasteiger charge is 2.28. The molecule has 0 spiro atoms. The van der Waals surface area contributed by atoms with E-state index in [1.54, 1.807) is 0 Å². The van der Waals surface area contributed by atoms with Crippen molar-refractivity contribution in [2.75, 3.05) is 0 Å². The van der Waals surface area contributed by atoms with Gasteiger partial charge in [-0.05, 0) is 49.5 Å². The predicted octanol–water partition coefficient (Wildman–Crippen LogP) is 4.58. The number of benzene rings is 2. The molecule has 2 aromatic rings. The summed E-state index contributed by atoms with van der Waals surface area (Å²) in [5, 5.41) is 3.14. The molecule has 4 nitrogen and oxygen atoms in total. The van der Waals surface area contributed by atoms with E-state index in [0.717, 1.165) is 29.7 Å². The van der Waals surface area contributed by atoms with Crippen LogP contribution in [0.2, 0.25) is 0 Å². The van der Waals surface area contributed by atoms with Crippen LogP contribution < -0.4 is 10.1 Å². The summed E-state index contributed by atoms with van der Waals surface area (Å²) in [6.45, 7) is 0. The van der Waals surface area contributed by atoms with Gasteiger partial charge in [-0.1, -0.05) is 48.9 Å². The van der Waals surface area contributed by atoms with E-state index in [9.17, 15) is 4.79 Å². The molecule has 1 unspecified atom stereocenters. The second-order valence-electron chi connectivity index (χ2n) is 6.85. The van der Waals surface area contributed by atoms with Crippen molar-refractivity contribution in [2.45, 2.75) is 44.4 Å². The molecule has 1 atom stereocenters. The van der Waals surface area contributed by atoms with E-state index in [4.69, 9.17) is 9.47 Å². The number of ether oxygens (including phenoxy) is 2. The van der Waals surface area contributed by atoms with Crippen LogP contribution in [0.4, 0.5) is 0 Å². The van der Waals surface area contributed by atoms with Crippen LogP contribution in [0.1, 0.15) is 49.5 Å². The van der Waals surface area contributed by atoms with Crippen LogP contribution in [0, 0.1) is 0 Å². The van der Waals surface area contributed by atoms with Gasteiger partial charge in [-0.25, -0.2) is 4.79 Å². The third-order valence-electron chi connectivity index (χ3n) is 4.88. The molecule has 1 N–H and O–H groups in total. The fraction of sp³-hybridized carbons (Fsp3) is 0.318. The molecular weight excluding hydrogens is 326 g/mol. The van der Waals surface area contributed by atoms with Gasteiger partial charge in [-0.15, -0.1) is 0 Å². The molecule has 1 heterocycles. The summed E-state index contributed by atoms with van der Waals surface area (Å²) < 4.78 is 11.5. The molecule has 2 aromatic carbocycles. The molecule has 1 saturated heterocycles. The minimum absolute atomic E-state index is 0.332. The lowest BCUT2D eigenvalue weighted by atomic mass is 9.98. The zero-order valence-electron chi connectivity index (χ0n) is 14.7. The first kappa shape index (κ1) is 16.7. The molecule has 4 heteroatoms. The minimum atomic E-state index is -0.427. The highest BCUT2D eigenvalue weighted by atomic mass is 16.6. The SMILES string of the molecule is O=C1OC(c2ccccc2)N/C1=C\c1ccc(OC2CCCCC2)cc1. The Labute approximate surface area is 153 Å². The number of nitrogens with one attached hydrogen (secondary N) is 1. The van der Waals surface area contributed by atoms with Crippen molar-refractivity contribution in [2.24, 2.45) is 0 Å². The molecular formula is C22H23NO3. The van der Waals surface area contributed by atoms with Crippen molar-refractivity contribution >= 4 is 12.0 Å². The Kier molecular flexibility index (Phi) is 4.91. The summed E-state index contributed by atoms with van der Waals surface area (Å²) in [5.41, 5.74) is 2.34. The van der Waals surface area contributed by atoms with Gasteiger partial charge in [0, 0.05) is 5.56 Å². The van der Waals surface area contributed by atoms with E-state index < -0.39 is 6.23 Å². The van der Waals surface area contributed by atoms with Crippen LogP contribution in [-0.2, 0) is 9.53 Å². The normalized spacial score (nSPS) is 22.1. The lowest BCUT2D eigenvalue weighted by Crippen LogP contribution is -2.19. The number of hydrogen-bond acceptors (Lipinski definition) is 4. The molecule has 1 aliphatic carbocycles. The summed E-state index contributed by atoms with van der Waals surface area (Å²) in [5.74, 6) is 0.560. The third kappa shape index (κ3) is 3.90. The van der Waals surface area contributed by atoms with Crippen molar-refractivity contribution in [1.29, 1.82) is 0 Å². The molecule has 0 aromatic heterocycles. The maximum absolute atomic E-state index is 12.1. The average Bonchev–Trinajstić information content (AvgIpc) is 3.05. The van der Waals surface area contributed by atoms with E-state index in [-0.39, 0.29) is 5.97 Å². The number of carbonyl (C=O) groups is 1. The molecule has 4 rings (SSSR count). The Bertz CT molecular complexity index is 777. The van der Waals surface area contributed by atoms with Crippen molar-refractivity contribution in [3.63, 3.8) is 0 Å². The minimum Gasteiger partial charge on any atom is -0.490 e. The summed E-state index contributed by atoms with van der Waals surface area (Å²) >= 11 is 0. The lowest BCUT2D eigenvalue weighted by Gasteiger charge is -2.22. The van der Waals surface area contributed by atoms with Gasteiger partial charge in [0.05, 0.1) is 6.10 Å². The molecule has 2 aliphatic rings.